The van der Waals surface area contributed by atoms with E-state index in [-0.39, 0.29) is 5.41 Å². The van der Waals surface area contributed by atoms with Crippen molar-refractivity contribution in [2.24, 2.45) is 0 Å². The lowest BCUT2D eigenvalue weighted by atomic mass is 9.81. The Morgan fingerprint density at radius 3 is 1.47 bits per heavy atom. The molecule has 0 atom stereocenters. The minimum Gasteiger partial charge on any atom is -0.310 e. The van der Waals surface area contributed by atoms with Gasteiger partial charge < -0.3 is 4.90 Å². The predicted molar refractivity (Wildman–Crippen MR) is 250 cm³/mol. The van der Waals surface area contributed by atoms with Gasteiger partial charge in [0.15, 0.2) is 0 Å². The van der Waals surface area contributed by atoms with Gasteiger partial charge in [0.05, 0.1) is 0 Å². The summed E-state index contributed by atoms with van der Waals surface area (Å²) < 4.78 is 0. The third-order valence-electron chi connectivity index (χ3n) is 13.0. The first-order chi connectivity index (χ1) is 29.0. The van der Waals surface area contributed by atoms with Crippen LogP contribution in [0, 0.1) is 0 Å². The molecule has 1 nitrogen and oxygen atoms in total. The molecule has 8 aromatic carbocycles. The lowest BCUT2D eigenvalue weighted by Gasteiger charge is -2.42. The largest absolute Gasteiger partial charge is 0.310 e. The molecule has 0 saturated heterocycles. The Kier molecular flexibility index (Phi) is 9.83. The van der Waals surface area contributed by atoms with Crippen LogP contribution < -0.4 is 4.90 Å². The van der Waals surface area contributed by atoms with Crippen molar-refractivity contribution in [2.75, 3.05) is 4.90 Å². The van der Waals surface area contributed by atoms with E-state index in [4.69, 9.17) is 0 Å². The van der Waals surface area contributed by atoms with Gasteiger partial charge in [-0.15, -0.1) is 10.0 Å². The zero-order valence-corrected chi connectivity index (χ0v) is 34.9. The summed E-state index contributed by atoms with van der Waals surface area (Å²) in [5, 5.41) is 0. The molecule has 0 bridgehead atoms. The number of fused-ring (bicyclic) bond motifs is 3. The summed E-state index contributed by atoms with van der Waals surface area (Å²) in [6.45, 7) is 4.79. The Balaban J connectivity index is 1.13. The summed E-state index contributed by atoms with van der Waals surface area (Å²) in [4.78, 5) is 7.79. The number of benzene rings is 8. The summed E-state index contributed by atoms with van der Waals surface area (Å²) >= 11 is 0. The molecule has 2 aliphatic rings. The standard InChI is InChI=1S/C57H51NS/c1-57(2)54-30-18-29-52(44-21-10-4-11-22-44)56(54)53-40-37-47(41-55(53)57)58(45-33-31-43(32-34-45)42-19-8-3-9-20-42)46-35-38-51(39-36-46)59(48-23-12-5-13-24-48,49-25-14-6-15-26-49)50-27-16-7-17-28-50/h4-7,10-18,21-42H,3,8-9,19-20H2,1-2H3. The molecule has 8 aromatic rings. The maximum absolute atomic E-state index is 2.48. The van der Waals surface area contributed by atoms with Crippen molar-refractivity contribution in [1.29, 1.82) is 0 Å². The van der Waals surface area contributed by atoms with Crippen molar-refractivity contribution in [3.63, 3.8) is 0 Å². The number of anilines is 3. The minimum absolute atomic E-state index is 0.157. The summed E-state index contributed by atoms with van der Waals surface area (Å²) in [5.41, 5.74) is 12.8. The SMILES string of the molecule is CC1(C)c2cc(N(c3ccc(C4CCCCC4)cc3)c3ccc(S(c4ccccc4)(c4ccccc4)c4ccccc4)cc3)ccc2-c2c(-c3ccccc3)cccc21. The second-order valence-corrected chi connectivity index (χ2v) is 19.9. The van der Waals surface area contributed by atoms with Crippen molar-refractivity contribution in [3.05, 3.63) is 223 Å². The normalized spacial score (nSPS) is 14.9. The summed E-state index contributed by atoms with van der Waals surface area (Å²) in [6.07, 6.45) is 6.63. The number of rotatable bonds is 9. The lowest BCUT2D eigenvalue weighted by Crippen LogP contribution is -2.16. The van der Waals surface area contributed by atoms with E-state index >= 15 is 0 Å². The number of nitrogens with zero attached hydrogens (tertiary/aromatic N) is 1. The van der Waals surface area contributed by atoms with Crippen LogP contribution in [-0.2, 0) is 5.41 Å². The van der Waals surface area contributed by atoms with Crippen LogP contribution in [-0.4, -0.2) is 0 Å². The van der Waals surface area contributed by atoms with E-state index < -0.39 is 10.0 Å². The maximum Gasteiger partial charge on any atom is 0.0465 e. The maximum atomic E-state index is 2.48. The molecule has 290 valence electrons. The molecule has 59 heavy (non-hydrogen) atoms. The van der Waals surface area contributed by atoms with Crippen LogP contribution in [0.3, 0.4) is 0 Å². The van der Waals surface area contributed by atoms with Gasteiger partial charge in [0, 0.05) is 42.1 Å². The van der Waals surface area contributed by atoms with Crippen LogP contribution >= 0.6 is 10.0 Å². The van der Waals surface area contributed by atoms with Crippen molar-refractivity contribution in [1.82, 2.24) is 0 Å². The predicted octanol–water partition coefficient (Wildman–Crippen LogP) is 16.5. The highest BCUT2D eigenvalue weighted by Gasteiger charge is 2.38. The van der Waals surface area contributed by atoms with Gasteiger partial charge in [0.2, 0.25) is 0 Å². The summed E-state index contributed by atoms with van der Waals surface area (Å²) in [7, 11) is -1.80. The van der Waals surface area contributed by atoms with Crippen LogP contribution in [0.4, 0.5) is 17.1 Å². The first-order valence-electron chi connectivity index (χ1n) is 21.4. The zero-order chi connectivity index (χ0) is 39.8. The van der Waals surface area contributed by atoms with E-state index in [2.05, 4.69) is 225 Å². The van der Waals surface area contributed by atoms with Crippen molar-refractivity contribution in [2.45, 2.75) is 76.9 Å². The van der Waals surface area contributed by atoms with E-state index in [1.54, 1.807) is 0 Å². The van der Waals surface area contributed by atoms with E-state index in [0.29, 0.717) is 5.92 Å². The van der Waals surface area contributed by atoms with Crippen LogP contribution in [0.2, 0.25) is 0 Å². The molecule has 0 aliphatic heterocycles. The van der Waals surface area contributed by atoms with Crippen LogP contribution in [0.1, 0.15) is 68.6 Å². The Morgan fingerprint density at radius 1 is 0.424 bits per heavy atom. The van der Waals surface area contributed by atoms with Gasteiger partial charge in [-0.2, -0.15) is 0 Å². The molecular formula is C57H51NS. The summed E-state index contributed by atoms with van der Waals surface area (Å²) in [6, 6.07) is 77.4. The average Bonchev–Trinajstić information content (AvgIpc) is 3.54. The molecule has 0 spiro atoms. The van der Waals surface area contributed by atoms with E-state index in [1.807, 2.05) is 0 Å². The highest BCUT2D eigenvalue weighted by atomic mass is 32.3. The molecule has 0 heterocycles. The second kappa shape index (κ2) is 15.6. The van der Waals surface area contributed by atoms with Gasteiger partial charge >= 0.3 is 0 Å². The van der Waals surface area contributed by atoms with Gasteiger partial charge in [0.1, 0.15) is 0 Å². The van der Waals surface area contributed by atoms with Gasteiger partial charge in [-0.3, -0.25) is 0 Å². The molecule has 10 rings (SSSR count). The molecule has 0 N–H and O–H groups in total. The van der Waals surface area contributed by atoms with Crippen LogP contribution in [0.25, 0.3) is 22.3 Å². The molecule has 1 fully saturated rings. The molecular weight excluding hydrogens is 731 g/mol. The number of hydrogen-bond acceptors (Lipinski definition) is 1. The highest BCUT2D eigenvalue weighted by Crippen LogP contribution is 2.73. The van der Waals surface area contributed by atoms with E-state index in [0.717, 1.165) is 5.69 Å². The highest BCUT2D eigenvalue weighted by molar-refractivity contribution is 8.34. The van der Waals surface area contributed by atoms with Gasteiger partial charge in [-0.25, -0.2) is 0 Å². The van der Waals surface area contributed by atoms with E-state index in [9.17, 15) is 0 Å². The zero-order valence-electron chi connectivity index (χ0n) is 34.1. The Hall–Kier alpha value is -6.09. The monoisotopic (exact) mass is 781 g/mol. The fraction of sp³-hybridized carbons (Fsp3) is 0.158. The van der Waals surface area contributed by atoms with Crippen molar-refractivity contribution < 1.29 is 0 Å². The van der Waals surface area contributed by atoms with Crippen molar-refractivity contribution >= 4 is 27.1 Å². The first kappa shape index (κ1) is 37.2. The molecule has 2 heteroatoms. The van der Waals surface area contributed by atoms with Crippen LogP contribution in [0.15, 0.2) is 226 Å². The Labute approximate surface area is 352 Å². The molecule has 2 aliphatic carbocycles. The van der Waals surface area contributed by atoms with Crippen LogP contribution in [0.5, 0.6) is 0 Å². The Morgan fingerprint density at radius 2 is 0.915 bits per heavy atom. The molecule has 0 amide bonds. The minimum atomic E-state index is -1.80. The lowest BCUT2D eigenvalue weighted by molar-refractivity contribution is 0.443. The quantitative estimate of drug-likeness (QED) is 0.141. The fourth-order valence-electron chi connectivity index (χ4n) is 10.0. The summed E-state index contributed by atoms with van der Waals surface area (Å²) in [5.74, 6) is 0.661. The second-order valence-electron chi connectivity index (χ2n) is 16.8. The molecule has 0 unspecified atom stereocenters. The first-order valence-corrected chi connectivity index (χ1v) is 23.0. The van der Waals surface area contributed by atoms with Gasteiger partial charge in [-0.05, 0) is 143 Å². The van der Waals surface area contributed by atoms with Gasteiger partial charge in [0.25, 0.3) is 0 Å². The topological polar surface area (TPSA) is 3.24 Å². The smallest absolute Gasteiger partial charge is 0.0465 e. The van der Waals surface area contributed by atoms with Crippen molar-refractivity contribution in [3.8, 4) is 22.3 Å². The number of hydrogen-bond donors (Lipinski definition) is 0. The fourth-order valence-corrected chi connectivity index (χ4v) is 13.9. The third-order valence-corrected chi connectivity index (χ3v) is 16.9. The Bertz CT molecular complexity index is 2580. The molecule has 0 radical (unpaired) electrons. The molecule has 1 saturated carbocycles. The van der Waals surface area contributed by atoms with E-state index in [1.165, 1.54) is 102 Å². The average molecular weight is 782 g/mol. The van der Waals surface area contributed by atoms with Gasteiger partial charge in [-0.1, -0.05) is 154 Å². The third kappa shape index (κ3) is 6.51. The molecule has 0 aromatic heterocycles.